The van der Waals surface area contributed by atoms with E-state index in [0.717, 1.165) is 44.7 Å². The number of para-hydroxylation sites is 3. The predicted octanol–water partition coefficient (Wildman–Crippen LogP) is 19.5. The summed E-state index contributed by atoms with van der Waals surface area (Å²) in [5.41, 5.74) is 28.3. The molecule has 3 aliphatic carbocycles. The molecule has 2 heterocycles. The van der Waals surface area contributed by atoms with E-state index in [0.29, 0.717) is 0 Å². The standard InChI is InChI=1S/C69H59NO2/c1-38-28-31-42(39(2)34-38)48-37-53-57(59-46-21-13-18-26-55(46)71-64(48)59)44-32-29-40(35-51(44)67(53,6)7)70(54-25-17-16-24-50(54)66(3,4)5)41-30-33-45-52(36-41)69(10,11)63-61(45)65-60(47-22-14-19-27-56(47)72-65)58-43-20-12-15-23-49(43)68(8,9)62(58)63/h12-37H,1-11H3. The average Bonchev–Trinajstić information content (AvgIpc) is 4.11. The molecule has 0 unspecified atom stereocenters. The quantitative estimate of drug-likeness (QED) is 0.176. The lowest BCUT2D eigenvalue weighted by Crippen LogP contribution is -2.24. The van der Waals surface area contributed by atoms with E-state index in [1.165, 1.54) is 111 Å². The van der Waals surface area contributed by atoms with Gasteiger partial charge in [0.25, 0.3) is 0 Å². The summed E-state index contributed by atoms with van der Waals surface area (Å²) >= 11 is 0. The van der Waals surface area contributed by atoms with Gasteiger partial charge in [-0.25, -0.2) is 0 Å². The van der Waals surface area contributed by atoms with Gasteiger partial charge >= 0.3 is 0 Å². The molecular formula is C69H59NO2. The number of rotatable bonds is 4. The normalized spacial score (nSPS) is 15.5. The summed E-state index contributed by atoms with van der Waals surface area (Å²) in [7, 11) is 0. The van der Waals surface area contributed by atoms with Crippen molar-refractivity contribution in [3.8, 4) is 44.5 Å². The Morgan fingerprint density at radius 3 is 1.62 bits per heavy atom. The molecule has 3 aliphatic rings. The molecule has 352 valence electrons. The Kier molecular flexibility index (Phi) is 8.57. The zero-order valence-electron chi connectivity index (χ0n) is 43.3. The lowest BCUT2D eigenvalue weighted by atomic mass is 9.72. The Balaban J connectivity index is 1.00. The fraction of sp³-hybridized carbons (Fsp3) is 0.217. The number of hydrogen-bond donors (Lipinski definition) is 0. The van der Waals surface area contributed by atoms with Crippen molar-refractivity contribution in [2.75, 3.05) is 4.90 Å². The molecule has 9 aromatic carbocycles. The summed E-state index contributed by atoms with van der Waals surface area (Å²) < 4.78 is 14.0. The molecule has 0 bridgehead atoms. The van der Waals surface area contributed by atoms with Crippen LogP contribution in [0.25, 0.3) is 88.4 Å². The van der Waals surface area contributed by atoms with Gasteiger partial charge in [0, 0.05) is 66.0 Å². The summed E-state index contributed by atoms with van der Waals surface area (Å²) in [5, 5.41) is 4.76. The molecule has 0 radical (unpaired) electrons. The summed E-state index contributed by atoms with van der Waals surface area (Å²) in [6.07, 6.45) is 0. The minimum absolute atomic E-state index is 0.125. The highest BCUT2D eigenvalue weighted by atomic mass is 16.3. The van der Waals surface area contributed by atoms with Gasteiger partial charge in [0.1, 0.15) is 22.3 Å². The molecule has 11 aromatic rings. The number of hydrogen-bond acceptors (Lipinski definition) is 3. The Morgan fingerprint density at radius 2 is 0.944 bits per heavy atom. The summed E-state index contributed by atoms with van der Waals surface area (Å²) in [6, 6.07) is 59.1. The van der Waals surface area contributed by atoms with Crippen LogP contribution in [0.4, 0.5) is 17.1 Å². The first-order valence-corrected chi connectivity index (χ1v) is 25.8. The molecule has 0 amide bonds. The molecule has 0 fully saturated rings. The first-order valence-electron chi connectivity index (χ1n) is 25.8. The van der Waals surface area contributed by atoms with E-state index in [-0.39, 0.29) is 21.7 Å². The topological polar surface area (TPSA) is 29.5 Å². The molecule has 0 aliphatic heterocycles. The van der Waals surface area contributed by atoms with E-state index >= 15 is 0 Å². The zero-order valence-corrected chi connectivity index (χ0v) is 43.3. The van der Waals surface area contributed by atoms with Crippen LogP contribution in [-0.4, -0.2) is 0 Å². The van der Waals surface area contributed by atoms with Gasteiger partial charge < -0.3 is 13.7 Å². The van der Waals surface area contributed by atoms with Crippen molar-refractivity contribution < 1.29 is 8.83 Å². The summed E-state index contributed by atoms with van der Waals surface area (Å²) in [5.74, 6) is 0. The van der Waals surface area contributed by atoms with Crippen molar-refractivity contribution in [3.63, 3.8) is 0 Å². The van der Waals surface area contributed by atoms with Crippen molar-refractivity contribution >= 4 is 60.9 Å². The first-order chi connectivity index (χ1) is 34.5. The van der Waals surface area contributed by atoms with Crippen molar-refractivity contribution in [1.29, 1.82) is 0 Å². The van der Waals surface area contributed by atoms with Crippen LogP contribution in [0.15, 0.2) is 167 Å². The number of anilines is 3. The highest BCUT2D eigenvalue weighted by molar-refractivity contribution is 6.21. The molecule has 14 rings (SSSR count). The van der Waals surface area contributed by atoms with Crippen LogP contribution < -0.4 is 4.90 Å². The second kappa shape index (κ2) is 14.3. The maximum atomic E-state index is 7.08. The fourth-order valence-corrected chi connectivity index (χ4v) is 13.9. The summed E-state index contributed by atoms with van der Waals surface area (Å²) in [6.45, 7) is 26.0. The van der Waals surface area contributed by atoms with Crippen LogP contribution in [0.3, 0.4) is 0 Å². The van der Waals surface area contributed by atoms with Crippen LogP contribution in [-0.2, 0) is 21.7 Å². The second-order valence-electron chi connectivity index (χ2n) is 23.8. The van der Waals surface area contributed by atoms with Gasteiger partial charge in [-0.1, -0.05) is 177 Å². The van der Waals surface area contributed by atoms with Crippen molar-refractivity contribution in [2.24, 2.45) is 0 Å². The molecule has 0 spiro atoms. The second-order valence-corrected chi connectivity index (χ2v) is 23.8. The maximum absolute atomic E-state index is 7.08. The van der Waals surface area contributed by atoms with Crippen LogP contribution >= 0.6 is 0 Å². The average molecular weight is 934 g/mol. The van der Waals surface area contributed by atoms with E-state index in [1.54, 1.807) is 0 Å². The molecule has 0 N–H and O–H groups in total. The molecule has 3 heteroatoms. The van der Waals surface area contributed by atoms with Crippen LogP contribution in [0.5, 0.6) is 0 Å². The van der Waals surface area contributed by atoms with E-state index in [9.17, 15) is 0 Å². The SMILES string of the molecule is Cc1ccc(-c2cc3c(c4c2oc2ccccc24)-c2ccc(N(c4ccc5c(c4)C(C)(C)c4c6c(c7c(oc8ccccc87)c4-5)-c4ccccc4C6(C)C)c4ccccc4C(C)(C)C)cc2C3(C)C)c(C)c1. The highest BCUT2D eigenvalue weighted by Crippen LogP contribution is 2.64. The smallest absolute Gasteiger partial charge is 0.144 e. The van der Waals surface area contributed by atoms with Crippen LogP contribution in [0, 0.1) is 13.8 Å². The predicted molar refractivity (Wildman–Crippen MR) is 302 cm³/mol. The molecule has 2 aromatic heterocycles. The van der Waals surface area contributed by atoms with Gasteiger partial charge in [-0.05, 0) is 146 Å². The highest BCUT2D eigenvalue weighted by Gasteiger charge is 2.49. The molecule has 0 saturated heterocycles. The molecule has 72 heavy (non-hydrogen) atoms. The Labute approximate surface area is 422 Å². The van der Waals surface area contributed by atoms with Gasteiger partial charge in [-0.2, -0.15) is 0 Å². The summed E-state index contributed by atoms with van der Waals surface area (Å²) in [4.78, 5) is 2.55. The number of furan rings is 2. The lowest BCUT2D eigenvalue weighted by molar-refractivity contribution is 0.591. The third-order valence-electron chi connectivity index (χ3n) is 17.3. The van der Waals surface area contributed by atoms with Gasteiger partial charge in [0.15, 0.2) is 0 Å². The molecule has 0 saturated carbocycles. The largest absolute Gasteiger partial charge is 0.455 e. The van der Waals surface area contributed by atoms with Gasteiger partial charge in [0.2, 0.25) is 0 Å². The van der Waals surface area contributed by atoms with Crippen molar-refractivity contribution in [3.05, 3.63) is 208 Å². The molecular weight excluding hydrogens is 875 g/mol. The van der Waals surface area contributed by atoms with Crippen molar-refractivity contribution in [1.82, 2.24) is 0 Å². The van der Waals surface area contributed by atoms with E-state index in [4.69, 9.17) is 8.83 Å². The lowest BCUT2D eigenvalue weighted by Gasteiger charge is -2.34. The third-order valence-corrected chi connectivity index (χ3v) is 17.3. The Hall–Kier alpha value is -7.62. The minimum Gasteiger partial charge on any atom is -0.455 e. The number of benzene rings is 9. The number of nitrogens with zero attached hydrogens (tertiary/aromatic N) is 1. The van der Waals surface area contributed by atoms with Crippen molar-refractivity contribution in [2.45, 2.75) is 97.8 Å². The first kappa shape index (κ1) is 43.2. The zero-order chi connectivity index (χ0) is 49.5. The van der Waals surface area contributed by atoms with Gasteiger partial charge in [0.05, 0.1) is 0 Å². The van der Waals surface area contributed by atoms with E-state index in [2.05, 4.69) is 239 Å². The maximum Gasteiger partial charge on any atom is 0.144 e. The molecule has 3 nitrogen and oxygen atoms in total. The van der Waals surface area contributed by atoms with Gasteiger partial charge in [-0.15, -0.1) is 0 Å². The van der Waals surface area contributed by atoms with Crippen LogP contribution in [0.2, 0.25) is 0 Å². The van der Waals surface area contributed by atoms with Crippen LogP contribution in [0.1, 0.15) is 112 Å². The minimum atomic E-state index is -0.347. The third kappa shape index (κ3) is 5.57. The van der Waals surface area contributed by atoms with E-state index in [1.807, 2.05) is 0 Å². The molecule has 0 atom stereocenters. The number of aryl methyl sites for hydroxylation is 2. The number of fused-ring (bicyclic) bond motifs is 19. The monoisotopic (exact) mass is 933 g/mol. The van der Waals surface area contributed by atoms with Gasteiger partial charge in [-0.3, -0.25) is 0 Å². The Morgan fingerprint density at radius 1 is 0.417 bits per heavy atom. The Bertz CT molecular complexity index is 4200. The van der Waals surface area contributed by atoms with E-state index < -0.39 is 0 Å². The fourth-order valence-electron chi connectivity index (χ4n) is 13.9.